The molecule has 2 rings (SSSR count). The molecular formula is C12H18N6OS. The van der Waals surface area contributed by atoms with Crippen molar-refractivity contribution >= 4 is 22.4 Å². The number of carbonyl (C=O) groups excluding carboxylic acids is 1. The number of likely N-dealkylation sites (N-methyl/N-ethyl adjacent to an activating group) is 1. The van der Waals surface area contributed by atoms with Crippen molar-refractivity contribution in [3.8, 4) is 0 Å². The van der Waals surface area contributed by atoms with Crippen molar-refractivity contribution in [2.24, 2.45) is 7.05 Å². The minimum absolute atomic E-state index is 0.0924. The number of nitrogens with zero attached hydrogens (tertiary/aromatic N) is 5. The van der Waals surface area contributed by atoms with Crippen LogP contribution in [-0.2, 0) is 18.4 Å². The van der Waals surface area contributed by atoms with E-state index < -0.39 is 0 Å². The first-order valence-electron chi connectivity index (χ1n) is 6.21. The van der Waals surface area contributed by atoms with Gasteiger partial charge in [-0.25, -0.2) is 0 Å². The van der Waals surface area contributed by atoms with Gasteiger partial charge < -0.3 is 0 Å². The Morgan fingerprint density at radius 3 is 2.75 bits per heavy atom. The fraction of sp³-hybridized carbons (Fsp3) is 0.500. The summed E-state index contributed by atoms with van der Waals surface area (Å²) in [4.78, 5) is 13.8. The molecule has 108 valence electrons. The van der Waals surface area contributed by atoms with E-state index in [1.54, 1.807) is 0 Å². The van der Waals surface area contributed by atoms with E-state index in [2.05, 4.69) is 20.6 Å². The Morgan fingerprint density at radius 2 is 2.20 bits per heavy atom. The quantitative estimate of drug-likeness (QED) is 0.889. The molecule has 0 aliphatic carbocycles. The molecule has 0 aliphatic rings. The van der Waals surface area contributed by atoms with Crippen LogP contribution >= 0.6 is 11.3 Å². The first-order chi connectivity index (χ1) is 9.45. The van der Waals surface area contributed by atoms with E-state index in [0.717, 1.165) is 16.3 Å². The van der Waals surface area contributed by atoms with Gasteiger partial charge in [0.15, 0.2) is 0 Å². The molecule has 20 heavy (non-hydrogen) atoms. The Kier molecular flexibility index (Phi) is 4.46. The molecule has 7 nitrogen and oxygen atoms in total. The predicted molar refractivity (Wildman–Crippen MR) is 77.6 cm³/mol. The summed E-state index contributed by atoms with van der Waals surface area (Å²) in [6.45, 7) is 4.85. The maximum absolute atomic E-state index is 11.9. The van der Waals surface area contributed by atoms with E-state index in [1.165, 1.54) is 11.3 Å². The highest BCUT2D eigenvalue weighted by Gasteiger charge is 2.12. The number of carbonyl (C=O) groups is 1. The number of rotatable bonds is 5. The molecule has 1 amide bonds. The van der Waals surface area contributed by atoms with Gasteiger partial charge in [0.2, 0.25) is 11.0 Å². The van der Waals surface area contributed by atoms with Gasteiger partial charge in [-0.15, -0.1) is 10.2 Å². The SMILES string of the molecule is Cc1nnc(NC(=O)CN(C)Cc2cnn(C)c2C)s1. The summed E-state index contributed by atoms with van der Waals surface area (Å²) in [5.74, 6) is -0.0924. The fourth-order valence-corrected chi connectivity index (χ4v) is 2.41. The van der Waals surface area contributed by atoms with Gasteiger partial charge in [-0.3, -0.25) is 19.7 Å². The largest absolute Gasteiger partial charge is 0.299 e. The van der Waals surface area contributed by atoms with Crippen LogP contribution in [0.1, 0.15) is 16.3 Å². The lowest BCUT2D eigenvalue weighted by atomic mass is 10.2. The summed E-state index contributed by atoms with van der Waals surface area (Å²) >= 11 is 1.37. The van der Waals surface area contributed by atoms with Crippen LogP contribution in [0.2, 0.25) is 0 Å². The summed E-state index contributed by atoms with van der Waals surface area (Å²) in [5, 5.41) is 16.0. The second-order valence-corrected chi connectivity index (χ2v) is 5.91. The summed E-state index contributed by atoms with van der Waals surface area (Å²) in [5.41, 5.74) is 2.23. The van der Waals surface area contributed by atoms with Crippen molar-refractivity contribution in [2.45, 2.75) is 20.4 Å². The molecule has 2 aromatic rings. The molecular weight excluding hydrogens is 276 g/mol. The van der Waals surface area contributed by atoms with E-state index in [-0.39, 0.29) is 5.91 Å². The number of anilines is 1. The highest BCUT2D eigenvalue weighted by molar-refractivity contribution is 7.15. The predicted octanol–water partition coefficient (Wildman–Crippen LogP) is 0.959. The Labute approximate surface area is 121 Å². The fourth-order valence-electron chi connectivity index (χ4n) is 1.80. The number of amides is 1. The molecule has 2 aromatic heterocycles. The zero-order valence-electron chi connectivity index (χ0n) is 12.0. The summed E-state index contributed by atoms with van der Waals surface area (Å²) in [7, 11) is 3.81. The van der Waals surface area contributed by atoms with Gasteiger partial charge in [0.25, 0.3) is 0 Å². The van der Waals surface area contributed by atoms with Crippen molar-refractivity contribution in [1.29, 1.82) is 0 Å². The van der Waals surface area contributed by atoms with Crippen LogP contribution in [-0.4, -0.2) is 44.4 Å². The molecule has 0 unspecified atom stereocenters. The Bertz CT molecular complexity index is 605. The lowest BCUT2D eigenvalue weighted by Crippen LogP contribution is -2.29. The molecule has 0 aromatic carbocycles. The van der Waals surface area contributed by atoms with Crippen molar-refractivity contribution in [1.82, 2.24) is 24.9 Å². The lowest BCUT2D eigenvalue weighted by molar-refractivity contribution is -0.117. The van der Waals surface area contributed by atoms with Crippen LogP contribution in [0.25, 0.3) is 0 Å². The first kappa shape index (κ1) is 14.6. The average molecular weight is 294 g/mol. The second-order valence-electron chi connectivity index (χ2n) is 4.73. The van der Waals surface area contributed by atoms with Gasteiger partial charge in [0.1, 0.15) is 5.01 Å². The summed E-state index contributed by atoms with van der Waals surface area (Å²) in [6.07, 6.45) is 1.83. The molecule has 1 N–H and O–H groups in total. The van der Waals surface area contributed by atoms with Gasteiger partial charge in [-0.1, -0.05) is 11.3 Å². The van der Waals surface area contributed by atoms with Gasteiger partial charge >= 0.3 is 0 Å². The van der Waals surface area contributed by atoms with Crippen molar-refractivity contribution in [3.05, 3.63) is 22.5 Å². The average Bonchev–Trinajstić information content (AvgIpc) is 2.90. The number of hydrogen-bond acceptors (Lipinski definition) is 6. The van der Waals surface area contributed by atoms with E-state index >= 15 is 0 Å². The summed E-state index contributed by atoms with van der Waals surface area (Å²) in [6, 6.07) is 0. The monoisotopic (exact) mass is 294 g/mol. The van der Waals surface area contributed by atoms with E-state index in [4.69, 9.17) is 0 Å². The van der Waals surface area contributed by atoms with Crippen molar-refractivity contribution < 1.29 is 4.79 Å². The van der Waals surface area contributed by atoms with Crippen LogP contribution in [0.4, 0.5) is 5.13 Å². The molecule has 8 heteroatoms. The minimum Gasteiger partial charge on any atom is -0.299 e. The van der Waals surface area contributed by atoms with Crippen LogP contribution < -0.4 is 5.32 Å². The van der Waals surface area contributed by atoms with Gasteiger partial charge in [-0.05, 0) is 20.9 Å². The van der Waals surface area contributed by atoms with Gasteiger partial charge in [0, 0.05) is 24.8 Å². The smallest absolute Gasteiger partial charge is 0.240 e. The standard InChI is InChI=1S/C12H18N6OS/c1-8-10(5-13-18(8)4)6-17(3)7-11(19)14-12-16-15-9(2)20-12/h5H,6-7H2,1-4H3,(H,14,16,19). The van der Waals surface area contributed by atoms with Gasteiger partial charge in [0.05, 0.1) is 12.7 Å². The van der Waals surface area contributed by atoms with Crippen LogP contribution in [0.15, 0.2) is 6.20 Å². The van der Waals surface area contributed by atoms with E-state index in [1.807, 2.05) is 43.7 Å². The highest BCUT2D eigenvalue weighted by Crippen LogP contribution is 2.13. The first-order valence-corrected chi connectivity index (χ1v) is 7.03. The lowest BCUT2D eigenvalue weighted by Gasteiger charge is -2.15. The third kappa shape index (κ3) is 3.61. The zero-order chi connectivity index (χ0) is 14.7. The van der Waals surface area contributed by atoms with Crippen LogP contribution in [0.5, 0.6) is 0 Å². The number of aryl methyl sites for hydroxylation is 2. The Hall–Kier alpha value is -1.80. The van der Waals surface area contributed by atoms with Gasteiger partial charge in [-0.2, -0.15) is 5.10 Å². The Morgan fingerprint density at radius 1 is 1.45 bits per heavy atom. The number of nitrogens with one attached hydrogen (secondary N) is 1. The maximum atomic E-state index is 11.9. The van der Waals surface area contributed by atoms with Crippen molar-refractivity contribution in [2.75, 3.05) is 18.9 Å². The van der Waals surface area contributed by atoms with Crippen LogP contribution in [0, 0.1) is 13.8 Å². The highest BCUT2D eigenvalue weighted by atomic mass is 32.1. The Balaban J connectivity index is 1.86. The van der Waals surface area contributed by atoms with E-state index in [0.29, 0.717) is 18.2 Å². The normalized spacial score (nSPS) is 11.1. The van der Waals surface area contributed by atoms with Crippen molar-refractivity contribution in [3.63, 3.8) is 0 Å². The third-order valence-corrected chi connectivity index (χ3v) is 3.72. The molecule has 0 spiro atoms. The minimum atomic E-state index is -0.0924. The van der Waals surface area contributed by atoms with Crippen LogP contribution in [0.3, 0.4) is 0 Å². The van der Waals surface area contributed by atoms with E-state index in [9.17, 15) is 4.79 Å². The molecule has 0 saturated heterocycles. The maximum Gasteiger partial charge on any atom is 0.240 e. The molecule has 0 aliphatic heterocycles. The molecule has 0 atom stereocenters. The molecule has 0 bridgehead atoms. The second kappa shape index (κ2) is 6.10. The molecule has 0 saturated carbocycles. The summed E-state index contributed by atoms with van der Waals surface area (Å²) < 4.78 is 1.83. The molecule has 0 fully saturated rings. The third-order valence-electron chi connectivity index (χ3n) is 2.96. The number of aromatic nitrogens is 4. The number of hydrogen-bond donors (Lipinski definition) is 1. The topological polar surface area (TPSA) is 75.9 Å². The molecule has 2 heterocycles. The zero-order valence-corrected chi connectivity index (χ0v) is 12.9. The molecule has 0 radical (unpaired) electrons.